The van der Waals surface area contributed by atoms with E-state index in [1.807, 2.05) is 10.9 Å². The molecule has 0 radical (unpaired) electrons. The molecular weight excluding hydrogens is 308 g/mol. The summed E-state index contributed by atoms with van der Waals surface area (Å²) in [5.41, 5.74) is 5.64. The van der Waals surface area contributed by atoms with Crippen molar-refractivity contribution in [2.24, 2.45) is 0 Å². The molecule has 6 heteroatoms. The van der Waals surface area contributed by atoms with Crippen molar-refractivity contribution in [3.63, 3.8) is 0 Å². The number of aromatic nitrogens is 3. The summed E-state index contributed by atoms with van der Waals surface area (Å²) in [6.07, 6.45) is 3.76. The van der Waals surface area contributed by atoms with Crippen LogP contribution in [0.2, 0.25) is 0 Å². The number of carbonyl (C=O) groups is 1. The van der Waals surface area contributed by atoms with Gasteiger partial charge >= 0.3 is 0 Å². The molecule has 0 bridgehead atoms. The number of hydrogen-bond acceptors (Lipinski definition) is 4. The lowest BCUT2D eigenvalue weighted by Crippen LogP contribution is -2.06. The molecule has 1 amide bonds. The minimum absolute atomic E-state index is 0.0941. The largest absolute Gasteiger partial charge is 0.302 e. The second-order valence-corrected chi connectivity index (χ2v) is 6.74. The number of hydrogen-bond donors (Lipinski definition) is 1. The summed E-state index contributed by atoms with van der Waals surface area (Å²) < 4.78 is 1.97. The van der Waals surface area contributed by atoms with Gasteiger partial charge in [-0.1, -0.05) is 29.0 Å². The first kappa shape index (κ1) is 14.1. The van der Waals surface area contributed by atoms with E-state index in [1.165, 1.54) is 29.4 Å². The minimum atomic E-state index is -0.0941. The molecule has 23 heavy (non-hydrogen) atoms. The van der Waals surface area contributed by atoms with Crippen LogP contribution in [-0.4, -0.2) is 20.7 Å². The number of amides is 1. The number of thiazole rings is 1. The van der Waals surface area contributed by atoms with Gasteiger partial charge in [0.05, 0.1) is 28.1 Å². The minimum Gasteiger partial charge on any atom is -0.302 e. The molecule has 1 aliphatic carbocycles. The van der Waals surface area contributed by atoms with Gasteiger partial charge in [0.15, 0.2) is 5.13 Å². The first-order chi connectivity index (χ1) is 11.1. The van der Waals surface area contributed by atoms with Crippen molar-refractivity contribution < 1.29 is 4.79 Å². The number of nitrogens with zero attached hydrogens (tertiary/aromatic N) is 3. The molecule has 1 aliphatic rings. The Labute approximate surface area is 138 Å². The van der Waals surface area contributed by atoms with Crippen LogP contribution in [0, 0.1) is 6.92 Å². The zero-order chi connectivity index (χ0) is 16.0. The highest BCUT2D eigenvalue weighted by atomic mass is 32.1. The molecule has 3 aromatic rings. The molecule has 5 nitrogen and oxygen atoms in total. The third-order valence-electron chi connectivity index (χ3n) is 3.95. The Balaban J connectivity index is 1.83. The molecule has 0 atom stereocenters. The molecule has 0 spiro atoms. The van der Waals surface area contributed by atoms with Gasteiger partial charge in [0, 0.05) is 6.92 Å². The summed E-state index contributed by atoms with van der Waals surface area (Å²) in [5.74, 6) is -0.0941. The quantitative estimate of drug-likeness (QED) is 0.786. The molecule has 0 saturated heterocycles. The lowest BCUT2D eigenvalue weighted by atomic mass is 10.0. The Kier molecular flexibility index (Phi) is 3.27. The second kappa shape index (κ2) is 5.31. The third-order valence-corrected chi connectivity index (χ3v) is 4.97. The average molecular weight is 324 g/mol. The Morgan fingerprint density at radius 2 is 2.04 bits per heavy atom. The number of rotatable bonds is 2. The SMILES string of the molecule is CC(=O)Nc1nc2c(s1)-c1c(cnn1-c1ccc(C)cc1)CC2. The number of nitrogens with one attached hydrogen (secondary N) is 1. The van der Waals surface area contributed by atoms with Gasteiger partial charge in [-0.25, -0.2) is 9.67 Å². The number of anilines is 1. The molecule has 0 fully saturated rings. The topological polar surface area (TPSA) is 59.8 Å². The van der Waals surface area contributed by atoms with Crippen LogP contribution >= 0.6 is 11.3 Å². The van der Waals surface area contributed by atoms with E-state index in [1.54, 1.807) is 0 Å². The summed E-state index contributed by atoms with van der Waals surface area (Å²) in [6, 6.07) is 8.32. The van der Waals surface area contributed by atoms with Gasteiger partial charge in [-0.05, 0) is 37.5 Å². The van der Waals surface area contributed by atoms with Crippen LogP contribution in [0.4, 0.5) is 5.13 Å². The maximum Gasteiger partial charge on any atom is 0.223 e. The molecule has 0 unspecified atom stereocenters. The van der Waals surface area contributed by atoms with Gasteiger partial charge in [-0.15, -0.1) is 0 Å². The zero-order valence-electron chi connectivity index (χ0n) is 13.0. The van der Waals surface area contributed by atoms with E-state index in [4.69, 9.17) is 0 Å². The molecule has 1 aromatic carbocycles. The van der Waals surface area contributed by atoms with E-state index in [9.17, 15) is 4.79 Å². The first-order valence-electron chi connectivity index (χ1n) is 7.53. The highest BCUT2D eigenvalue weighted by Crippen LogP contribution is 2.40. The molecule has 0 aliphatic heterocycles. The van der Waals surface area contributed by atoms with Crippen molar-refractivity contribution in [3.05, 3.63) is 47.3 Å². The summed E-state index contributed by atoms with van der Waals surface area (Å²) in [4.78, 5) is 16.9. The van der Waals surface area contributed by atoms with E-state index in [-0.39, 0.29) is 5.91 Å². The second-order valence-electron chi connectivity index (χ2n) is 5.74. The molecule has 2 aromatic heterocycles. The Bertz CT molecular complexity index is 892. The normalized spacial score (nSPS) is 12.6. The highest BCUT2D eigenvalue weighted by Gasteiger charge is 2.25. The highest BCUT2D eigenvalue weighted by molar-refractivity contribution is 7.19. The van der Waals surface area contributed by atoms with Crippen LogP contribution in [0.5, 0.6) is 0 Å². The number of fused-ring (bicyclic) bond motifs is 3. The zero-order valence-corrected chi connectivity index (χ0v) is 13.8. The lowest BCUT2D eigenvalue weighted by molar-refractivity contribution is -0.114. The van der Waals surface area contributed by atoms with Crippen molar-refractivity contribution in [2.45, 2.75) is 26.7 Å². The van der Waals surface area contributed by atoms with Crippen molar-refractivity contribution >= 4 is 22.4 Å². The van der Waals surface area contributed by atoms with Crippen molar-refractivity contribution in [1.29, 1.82) is 0 Å². The van der Waals surface area contributed by atoms with Gasteiger partial charge in [-0.3, -0.25) is 4.79 Å². The fourth-order valence-electron chi connectivity index (χ4n) is 2.85. The summed E-state index contributed by atoms with van der Waals surface area (Å²) >= 11 is 1.52. The fourth-order valence-corrected chi connectivity index (χ4v) is 3.98. The molecule has 116 valence electrons. The van der Waals surface area contributed by atoms with Crippen LogP contribution in [0.1, 0.15) is 23.7 Å². The maximum absolute atomic E-state index is 11.3. The maximum atomic E-state index is 11.3. The van der Waals surface area contributed by atoms with E-state index < -0.39 is 0 Å². The molecule has 2 heterocycles. The molecule has 4 rings (SSSR count). The number of carbonyl (C=O) groups excluding carboxylic acids is 1. The number of aryl methyl sites for hydroxylation is 3. The standard InChI is InChI=1S/C17H16N4OS/c1-10-3-6-13(7-4-10)21-15-12(9-18-21)5-8-14-16(15)23-17(20-14)19-11(2)22/h3-4,6-7,9H,5,8H2,1-2H3,(H,19,20,22). The van der Waals surface area contributed by atoms with Gasteiger partial charge < -0.3 is 5.32 Å². The van der Waals surface area contributed by atoms with E-state index >= 15 is 0 Å². The smallest absolute Gasteiger partial charge is 0.223 e. The van der Waals surface area contributed by atoms with E-state index in [2.05, 4.69) is 46.6 Å². The van der Waals surface area contributed by atoms with Crippen LogP contribution in [0.15, 0.2) is 30.5 Å². The Morgan fingerprint density at radius 3 is 2.78 bits per heavy atom. The van der Waals surface area contributed by atoms with Gasteiger partial charge in [0.2, 0.25) is 5.91 Å². The van der Waals surface area contributed by atoms with Crippen molar-refractivity contribution in [2.75, 3.05) is 5.32 Å². The summed E-state index contributed by atoms with van der Waals surface area (Å²) in [5, 5.41) is 8.02. The van der Waals surface area contributed by atoms with Crippen LogP contribution in [0.3, 0.4) is 0 Å². The van der Waals surface area contributed by atoms with Gasteiger partial charge in [-0.2, -0.15) is 5.10 Å². The molecular formula is C17H16N4OS. The van der Waals surface area contributed by atoms with Gasteiger partial charge in [0.1, 0.15) is 0 Å². The fraction of sp³-hybridized carbons (Fsp3) is 0.235. The van der Waals surface area contributed by atoms with Crippen LogP contribution in [-0.2, 0) is 17.6 Å². The predicted octanol–water partition coefficient (Wildman–Crippen LogP) is 3.36. The van der Waals surface area contributed by atoms with Crippen molar-refractivity contribution in [1.82, 2.24) is 14.8 Å². The molecule has 0 saturated carbocycles. The Hall–Kier alpha value is -2.47. The molecule has 1 N–H and O–H groups in total. The van der Waals surface area contributed by atoms with Crippen LogP contribution < -0.4 is 5.32 Å². The van der Waals surface area contributed by atoms with E-state index in [0.29, 0.717) is 5.13 Å². The first-order valence-corrected chi connectivity index (χ1v) is 8.35. The van der Waals surface area contributed by atoms with Crippen LogP contribution in [0.25, 0.3) is 16.3 Å². The predicted molar refractivity (Wildman–Crippen MR) is 91.1 cm³/mol. The average Bonchev–Trinajstić information content (AvgIpc) is 3.10. The van der Waals surface area contributed by atoms with Gasteiger partial charge in [0.25, 0.3) is 0 Å². The monoisotopic (exact) mass is 324 g/mol. The summed E-state index contributed by atoms with van der Waals surface area (Å²) in [6.45, 7) is 3.58. The lowest BCUT2D eigenvalue weighted by Gasteiger charge is -2.13. The third kappa shape index (κ3) is 2.45. The Morgan fingerprint density at radius 1 is 1.26 bits per heavy atom. The van der Waals surface area contributed by atoms with E-state index in [0.717, 1.165) is 34.8 Å². The number of benzene rings is 1. The van der Waals surface area contributed by atoms with Crippen molar-refractivity contribution in [3.8, 4) is 16.3 Å². The summed E-state index contributed by atoms with van der Waals surface area (Å²) in [7, 11) is 0.